The summed E-state index contributed by atoms with van der Waals surface area (Å²) in [5.74, 6) is 0.774. The molecule has 0 spiro atoms. The van der Waals surface area contributed by atoms with Crippen LogP contribution in [0, 0.1) is 10.1 Å². The summed E-state index contributed by atoms with van der Waals surface area (Å²) in [7, 11) is -1.73. The van der Waals surface area contributed by atoms with Gasteiger partial charge in [-0.3, -0.25) is 10.1 Å². The second kappa shape index (κ2) is 5.38. The van der Waals surface area contributed by atoms with Crippen LogP contribution in [0.25, 0.3) is 0 Å². The van der Waals surface area contributed by atoms with Crippen LogP contribution in [0.3, 0.4) is 0 Å². The van der Waals surface area contributed by atoms with Crippen molar-refractivity contribution in [1.82, 2.24) is 4.98 Å². The first-order valence-electron chi connectivity index (χ1n) is 7.13. The first-order valence-corrected chi connectivity index (χ1v) is 10.0. The van der Waals surface area contributed by atoms with Crippen LogP contribution < -0.4 is 4.90 Å². The fourth-order valence-corrected chi connectivity index (χ4v) is 3.30. The standard InChI is InChI=1S/C14H23N3O3Si/c1-14(2,3)21(4,5)20-12-9-16(10-12)13-7-6-11(8-15-13)17(18)19/h6-8,12H,9-10H2,1-5H3. The first kappa shape index (κ1) is 15.9. The molecule has 116 valence electrons. The van der Waals surface area contributed by atoms with Crippen molar-refractivity contribution in [3.63, 3.8) is 0 Å². The molecule has 0 atom stereocenters. The summed E-state index contributed by atoms with van der Waals surface area (Å²) in [6.45, 7) is 12.8. The zero-order valence-electron chi connectivity index (χ0n) is 13.3. The minimum absolute atomic E-state index is 0.0216. The number of nitro groups is 1. The average molecular weight is 309 g/mol. The zero-order valence-corrected chi connectivity index (χ0v) is 14.3. The van der Waals surface area contributed by atoms with E-state index in [1.54, 1.807) is 6.07 Å². The van der Waals surface area contributed by atoms with Crippen LogP contribution in [0.2, 0.25) is 18.1 Å². The SMILES string of the molecule is CC(C)(C)[Si](C)(C)OC1CN(c2ccc([N+](=O)[O-])cn2)C1. The molecule has 1 aliphatic heterocycles. The van der Waals surface area contributed by atoms with Gasteiger partial charge in [0.2, 0.25) is 0 Å². The lowest BCUT2D eigenvalue weighted by Crippen LogP contribution is -2.58. The summed E-state index contributed by atoms with van der Waals surface area (Å²) in [5.41, 5.74) is 0.0216. The van der Waals surface area contributed by atoms with Crippen molar-refractivity contribution < 1.29 is 9.35 Å². The molecule has 0 unspecified atom stereocenters. The van der Waals surface area contributed by atoms with E-state index in [-0.39, 0.29) is 16.8 Å². The molecule has 6 nitrogen and oxygen atoms in total. The molecule has 0 saturated carbocycles. The summed E-state index contributed by atoms with van der Waals surface area (Å²) >= 11 is 0. The van der Waals surface area contributed by atoms with Crippen LogP contribution >= 0.6 is 0 Å². The number of pyridine rings is 1. The van der Waals surface area contributed by atoms with Gasteiger partial charge < -0.3 is 9.33 Å². The number of rotatable bonds is 4. The highest BCUT2D eigenvalue weighted by Gasteiger charge is 2.42. The third-order valence-electron chi connectivity index (χ3n) is 4.38. The van der Waals surface area contributed by atoms with Gasteiger partial charge in [0.15, 0.2) is 8.32 Å². The molecule has 1 saturated heterocycles. The van der Waals surface area contributed by atoms with E-state index in [0.717, 1.165) is 18.9 Å². The van der Waals surface area contributed by atoms with E-state index in [0.29, 0.717) is 0 Å². The van der Waals surface area contributed by atoms with E-state index in [4.69, 9.17) is 4.43 Å². The van der Waals surface area contributed by atoms with Gasteiger partial charge in [-0.2, -0.15) is 0 Å². The number of nitrogens with zero attached hydrogens (tertiary/aromatic N) is 3. The van der Waals surface area contributed by atoms with Gasteiger partial charge >= 0.3 is 0 Å². The second-order valence-electron chi connectivity index (χ2n) is 7.04. The molecule has 2 heterocycles. The highest BCUT2D eigenvalue weighted by molar-refractivity contribution is 6.74. The molecule has 0 aliphatic carbocycles. The van der Waals surface area contributed by atoms with Crippen LogP contribution in [0.5, 0.6) is 0 Å². The van der Waals surface area contributed by atoms with Gasteiger partial charge in [-0.05, 0) is 24.2 Å². The molecule has 7 heteroatoms. The van der Waals surface area contributed by atoms with Gasteiger partial charge in [-0.25, -0.2) is 4.98 Å². The second-order valence-corrected chi connectivity index (χ2v) is 11.8. The Morgan fingerprint density at radius 2 is 2.00 bits per heavy atom. The largest absolute Gasteiger partial charge is 0.410 e. The van der Waals surface area contributed by atoms with Crippen molar-refractivity contribution in [2.45, 2.75) is 45.0 Å². The summed E-state index contributed by atoms with van der Waals surface area (Å²) < 4.78 is 6.31. The Bertz CT molecular complexity index is 519. The lowest BCUT2D eigenvalue weighted by atomic mass is 10.2. The predicted molar refractivity (Wildman–Crippen MR) is 85.2 cm³/mol. The summed E-state index contributed by atoms with van der Waals surface area (Å²) in [5, 5.41) is 10.8. The molecule has 2 rings (SSSR count). The van der Waals surface area contributed by atoms with Gasteiger partial charge in [-0.15, -0.1) is 0 Å². The number of hydrogen-bond donors (Lipinski definition) is 0. The molecule has 0 radical (unpaired) electrons. The summed E-state index contributed by atoms with van der Waals surface area (Å²) in [6.07, 6.45) is 1.54. The van der Waals surface area contributed by atoms with Gasteiger partial charge in [0.05, 0.1) is 11.0 Å². The van der Waals surface area contributed by atoms with Crippen LogP contribution in [-0.2, 0) is 4.43 Å². The molecule has 21 heavy (non-hydrogen) atoms. The Morgan fingerprint density at radius 1 is 1.38 bits per heavy atom. The monoisotopic (exact) mass is 309 g/mol. The van der Waals surface area contributed by atoms with E-state index in [1.165, 1.54) is 12.3 Å². The fraction of sp³-hybridized carbons (Fsp3) is 0.643. The Hall–Kier alpha value is -1.47. The van der Waals surface area contributed by atoms with Gasteiger partial charge in [-0.1, -0.05) is 20.8 Å². The lowest BCUT2D eigenvalue weighted by Gasteiger charge is -2.46. The molecule has 0 aromatic carbocycles. The zero-order chi connectivity index (χ0) is 15.8. The molecular formula is C14H23N3O3Si. The smallest absolute Gasteiger partial charge is 0.287 e. The molecule has 0 bridgehead atoms. The average Bonchev–Trinajstić information content (AvgIpc) is 2.32. The van der Waals surface area contributed by atoms with Crippen LogP contribution in [-0.4, -0.2) is 37.4 Å². The molecule has 0 N–H and O–H groups in total. The van der Waals surface area contributed by atoms with Crippen molar-refractivity contribution in [2.24, 2.45) is 0 Å². The van der Waals surface area contributed by atoms with Crippen molar-refractivity contribution in [3.8, 4) is 0 Å². The van der Waals surface area contributed by atoms with Gasteiger partial charge in [0.1, 0.15) is 12.0 Å². The summed E-state index contributed by atoms with van der Waals surface area (Å²) in [6, 6.07) is 3.19. The molecule has 1 aromatic rings. The van der Waals surface area contributed by atoms with E-state index in [2.05, 4.69) is 43.7 Å². The van der Waals surface area contributed by atoms with Crippen LogP contribution in [0.4, 0.5) is 11.5 Å². The maximum atomic E-state index is 10.6. The molecule has 1 aliphatic rings. The Morgan fingerprint density at radius 3 is 2.43 bits per heavy atom. The maximum Gasteiger partial charge on any atom is 0.287 e. The Kier molecular flexibility index (Phi) is 4.07. The van der Waals surface area contributed by atoms with Crippen molar-refractivity contribution in [2.75, 3.05) is 18.0 Å². The predicted octanol–water partition coefficient (Wildman–Crippen LogP) is 3.20. The normalized spacial score (nSPS) is 16.7. The topological polar surface area (TPSA) is 68.5 Å². The van der Waals surface area contributed by atoms with Crippen molar-refractivity contribution in [3.05, 3.63) is 28.4 Å². The fourth-order valence-electron chi connectivity index (χ4n) is 1.97. The van der Waals surface area contributed by atoms with Gasteiger partial charge in [0, 0.05) is 19.2 Å². The minimum Gasteiger partial charge on any atom is -0.410 e. The quantitative estimate of drug-likeness (QED) is 0.485. The number of anilines is 1. The number of hydrogen-bond acceptors (Lipinski definition) is 5. The Balaban J connectivity index is 1.91. The van der Waals surface area contributed by atoms with E-state index < -0.39 is 13.2 Å². The molecule has 1 fully saturated rings. The summed E-state index contributed by atoms with van der Waals surface area (Å²) in [4.78, 5) is 16.4. The van der Waals surface area contributed by atoms with E-state index in [1.807, 2.05) is 0 Å². The van der Waals surface area contributed by atoms with Gasteiger partial charge in [0.25, 0.3) is 5.69 Å². The van der Waals surface area contributed by atoms with Crippen molar-refractivity contribution in [1.29, 1.82) is 0 Å². The van der Waals surface area contributed by atoms with Crippen molar-refractivity contribution >= 4 is 19.8 Å². The molecular weight excluding hydrogens is 286 g/mol. The van der Waals surface area contributed by atoms with E-state index >= 15 is 0 Å². The van der Waals surface area contributed by atoms with Crippen LogP contribution in [0.1, 0.15) is 20.8 Å². The first-order chi connectivity index (χ1) is 9.60. The highest BCUT2D eigenvalue weighted by atomic mass is 28.4. The van der Waals surface area contributed by atoms with Crippen LogP contribution in [0.15, 0.2) is 18.3 Å². The minimum atomic E-state index is -1.73. The third-order valence-corrected chi connectivity index (χ3v) is 8.92. The van der Waals surface area contributed by atoms with E-state index in [9.17, 15) is 10.1 Å². The molecule has 0 amide bonds. The maximum absolute atomic E-state index is 10.6. The number of aromatic nitrogens is 1. The third kappa shape index (κ3) is 3.41. The molecule has 1 aromatic heterocycles. The lowest BCUT2D eigenvalue weighted by molar-refractivity contribution is -0.385. The Labute approximate surface area is 126 Å². The highest BCUT2D eigenvalue weighted by Crippen LogP contribution is 2.38.